The summed E-state index contributed by atoms with van der Waals surface area (Å²) in [5, 5.41) is 9.33. The van der Waals surface area contributed by atoms with Gasteiger partial charge in [0.05, 0.1) is 7.11 Å². The number of carboxylic acid groups (broad SMARTS) is 1. The third-order valence-electron chi connectivity index (χ3n) is 2.23. The fourth-order valence-corrected chi connectivity index (χ4v) is 1.82. The van der Waals surface area contributed by atoms with Crippen molar-refractivity contribution in [2.24, 2.45) is 0 Å². The number of hydrogen-bond donors (Lipinski definition) is 1. The summed E-state index contributed by atoms with van der Waals surface area (Å²) in [6.45, 7) is 5.34. The number of rotatable bonds is 4. The van der Waals surface area contributed by atoms with Gasteiger partial charge in [-0.05, 0) is 24.6 Å². The molecule has 0 bridgehead atoms. The van der Waals surface area contributed by atoms with E-state index >= 15 is 0 Å². The molecule has 0 amide bonds. The number of aliphatic carboxylic acids is 1. The van der Waals surface area contributed by atoms with Gasteiger partial charge >= 0.3 is 5.97 Å². The molecule has 3 nitrogen and oxygen atoms in total. The van der Waals surface area contributed by atoms with Crippen LogP contribution in [0.25, 0.3) is 0 Å². The Balaban J connectivity index is 3.12. The molecule has 86 valence electrons. The molecule has 1 N–H and O–H groups in total. The van der Waals surface area contributed by atoms with Crippen molar-refractivity contribution < 1.29 is 14.6 Å². The maximum Gasteiger partial charge on any atom is 0.331 e. The number of methoxy groups -OCH3 is 1. The van der Waals surface area contributed by atoms with Crippen LogP contribution in [0.15, 0.2) is 24.3 Å². The van der Waals surface area contributed by atoms with E-state index in [1.165, 1.54) is 0 Å². The van der Waals surface area contributed by atoms with Crippen LogP contribution in [0, 0.1) is 6.92 Å². The van der Waals surface area contributed by atoms with Gasteiger partial charge in [-0.2, -0.15) is 0 Å². The molecule has 0 heterocycles. The Morgan fingerprint density at radius 2 is 2.19 bits per heavy atom. The SMILES string of the molecule is C=C(Cc1cc(Cl)cc(C)c1OC)C(=O)O. The van der Waals surface area contributed by atoms with Crippen LogP contribution in [0.4, 0.5) is 0 Å². The van der Waals surface area contributed by atoms with Crippen molar-refractivity contribution in [3.8, 4) is 5.75 Å². The van der Waals surface area contributed by atoms with Crippen LogP contribution in [0.1, 0.15) is 11.1 Å². The number of hydrogen-bond acceptors (Lipinski definition) is 2. The molecule has 0 aliphatic rings. The maximum absolute atomic E-state index is 10.7. The van der Waals surface area contributed by atoms with Crippen LogP contribution in [0.2, 0.25) is 5.02 Å². The van der Waals surface area contributed by atoms with Crippen LogP contribution in [0.5, 0.6) is 5.75 Å². The molecule has 0 spiro atoms. The molecule has 0 aromatic heterocycles. The summed E-state index contributed by atoms with van der Waals surface area (Å²) in [7, 11) is 1.54. The molecule has 0 saturated carbocycles. The highest BCUT2D eigenvalue weighted by Crippen LogP contribution is 2.29. The van der Waals surface area contributed by atoms with Gasteiger partial charge in [0.2, 0.25) is 0 Å². The fourth-order valence-electron chi connectivity index (χ4n) is 1.53. The van der Waals surface area contributed by atoms with Crippen molar-refractivity contribution in [3.63, 3.8) is 0 Å². The van der Waals surface area contributed by atoms with E-state index in [2.05, 4.69) is 6.58 Å². The lowest BCUT2D eigenvalue weighted by Gasteiger charge is -2.12. The highest BCUT2D eigenvalue weighted by Gasteiger charge is 2.12. The molecule has 0 atom stereocenters. The molecular weight excluding hydrogens is 228 g/mol. The number of ether oxygens (including phenoxy) is 1. The standard InChI is InChI=1S/C12H13ClO3/c1-7-5-10(13)6-9(11(7)16-3)4-8(2)12(14)15/h5-6H,2,4H2,1,3H3,(H,14,15). The number of benzene rings is 1. The van der Waals surface area contributed by atoms with Crippen molar-refractivity contribution in [1.82, 2.24) is 0 Å². The summed E-state index contributed by atoms with van der Waals surface area (Å²) in [4.78, 5) is 10.7. The second-order valence-electron chi connectivity index (χ2n) is 3.50. The highest BCUT2D eigenvalue weighted by molar-refractivity contribution is 6.30. The quantitative estimate of drug-likeness (QED) is 0.824. The normalized spacial score (nSPS) is 9.94. The highest BCUT2D eigenvalue weighted by atomic mass is 35.5. The van der Waals surface area contributed by atoms with E-state index in [0.29, 0.717) is 10.8 Å². The lowest BCUT2D eigenvalue weighted by Crippen LogP contribution is -2.04. The Labute approximate surface area is 99.3 Å². The van der Waals surface area contributed by atoms with E-state index in [9.17, 15) is 4.79 Å². The Morgan fingerprint density at radius 1 is 1.56 bits per heavy atom. The lowest BCUT2D eigenvalue weighted by molar-refractivity contribution is -0.132. The van der Waals surface area contributed by atoms with Crippen molar-refractivity contribution in [1.29, 1.82) is 0 Å². The van der Waals surface area contributed by atoms with Crippen molar-refractivity contribution >= 4 is 17.6 Å². The number of halogens is 1. The van der Waals surface area contributed by atoms with Gasteiger partial charge in [-0.25, -0.2) is 4.79 Å². The minimum absolute atomic E-state index is 0.111. The van der Waals surface area contributed by atoms with Gasteiger partial charge < -0.3 is 9.84 Å². The maximum atomic E-state index is 10.7. The molecule has 1 aromatic carbocycles. The third kappa shape index (κ3) is 2.76. The third-order valence-corrected chi connectivity index (χ3v) is 2.44. The van der Waals surface area contributed by atoms with Crippen molar-refractivity contribution in [2.45, 2.75) is 13.3 Å². The molecule has 4 heteroatoms. The van der Waals surface area contributed by atoms with Crippen LogP contribution in [-0.4, -0.2) is 18.2 Å². The molecule has 0 radical (unpaired) electrons. The second kappa shape index (κ2) is 5.03. The van der Waals surface area contributed by atoms with E-state index in [0.717, 1.165) is 11.1 Å². The zero-order valence-corrected chi connectivity index (χ0v) is 9.97. The average Bonchev–Trinajstić information content (AvgIpc) is 2.16. The fraction of sp³-hybridized carbons (Fsp3) is 0.250. The summed E-state index contributed by atoms with van der Waals surface area (Å²) in [5.74, 6) is -0.355. The Hall–Kier alpha value is -1.48. The summed E-state index contributed by atoms with van der Waals surface area (Å²) in [5.41, 5.74) is 1.73. The van der Waals surface area contributed by atoms with E-state index in [-0.39, 0.29) is 12.0 Å². The molecule has 0 aliphatic carbocycles. The van der Waals surface area contributed by atoms with Gasteiger partial charge in [0.25, 0.3) is 0 Å². The summed E-state index contributed by atoms with van der Waals surface area (Å²) in [6, 6.07) is 3.47. The first kappa shape index (κ1) is 12.6. The predicted molar refractivity (Wildman–Crippen MR) is 63.2 cm³/mol. The number of carbonyl (C=O) groups is 1. The predicted octanol–water partition coefficient (Wildman–Crippen LogP) is 2.84. The Bertz CT molecular complexity index is 438. The van der Waals surface area contributed by atoms with E-state index in [1.807, 2.05) is 6.92 Å². The Morgan fingerprint density at radius 3 is 2.69 bits per heavy atom. The molecular formula is C12H13ClO3. The monoisotopic (exact) mass is 240 g/mol. The minimum atomic E-state index is -1.01. The van der Waals surface area contributed by atoms with Crippen molar-refractivity contribution in [2.75, 3.05) is 7.11 Å². The minimum Gasteiger partial charge on any atom is -0.496 e. The molecule has 0 saturated heterocycles. The van der Waals surface area contributed by atoms with Crippen LogP contribution >= 0.6 is 11.6 Å². The zero-order valence-electron chi connectivity index (χ0n) is 9.21. The molecule has 0 aliphatic heterocycles. The summed E-state index contributed by atoms with van der Waals surface area (Å²) >= 11 is 5.91. The first-order chi connectivity index (χ1) is 7.45. The van der Waals surface area contributed by atoms with Gasteiger partial charge in [-0.1, -0.05) is 18.2 Å². The topological polar surface area (TPSA) is 46.5 Å². The first-order valence-electron chi connectivity index (χ1n) is 4.69. The largest absolute Gasteiger partial charge is 0.496 e. The lowest BCUT2D eigenvalue weighted by atomic mass is 10.0. The van der Waals surface area contributed by atoms with Crippen LogP contribution in [-0.2, 0) is 11.2 Å². The van der Waals surface area contributed by atoms with Gasteiger partial charge in [0.15, 0.2) is 0 Å². The summed E-state index contributed by atoms with van der Waals surface area (Å²) in [6.07, 6.45) is 0.222. The van der Waals surface area contributed by atoms with Gasteiger partial charge in [-0.15, -0.1) is 0 Å². The average molecular weight is 241 g/mol. The van der Waals surface area contributed by atoms with Gasteiger partial charge in [-0.3, -0.25) is 0 Å². The zero-order chi connectivity index (χ0) is 12.3. The van der Waals surface area contributed by atoms with Crippen LogP contribution < -0.4 is 4.74 Å². The van der Waals surface area contributed by atoms with Gasteiger partial charge in [0, 0.05) is 22.6 Å². The molecule has 16 heavy (non-hydrogen) atoms. The molecule has 1 rings (SSSR count). The van der Waals surface area contributed by atoms with Crippen LogP contribution in [0.3, 0.4) is 0 Å². The molecule has 0 unspecified atom stereocenters. The molecule has 0 fully saturated rings. The first-order valence-corrected chi connectivity index (χ1v) is 5.07. The Kier molecular flexibility index (Phi) is 3.96. The smallest absolute Gasteiger partial charge is 0.331 e. The second-order valence-corrected chi connectivity index (χ2v) is 3.94. The molecule has 1 aromatic rings. The van der Waals surface area contributed by atoms with Gasteiger partial charge in [0.1, 0.15) is 5.75 Å². The van der Waals surface area contributed by atoms with E-state index in [4.69, 9.17) is 21.4 Å². The number of carboxylic acids is 1. The number of aryl methyl sites for hydroxylation is 1. The van der Waals surface area contributed by atoms with E-state index < -0.39 is 5.97 Å². The van der Waals surface area contributed by atoms with Crippen molar-refractivity contribution in [3.05, 3.63) is 40.4 Å². The summed E-state index contributed by atoms with van der Waals surface area (Å²) < 4.78 is 5.22. The van der Waals surface area contributed by atoms with E-state index in [1.54, 1.807) is 19.2 Å².